The lowest BCUT2D eigenvalue weighted by Crippen LogP contribution is -1.67. The lowest BCUT2D eigenvalue weighted by molar-refractivity contribution is 0.299. The van der Waals surface area contributed by atoms with Crippen LogP contribution in [0, 0.1) is 0 Å². The summed E-state index contributed by atoms with van der Waals surface area (Å²) in [4.78, 5) is 0. The van der Waals surface area contributed by atoms with E-state index in [-0.39, 0.29) is 12.5 Å². The van der Waals surface area contributed by atoms with Gasteiger partial charge in [-0.2, -0.15) is 17.6 Å². The fourth-order valence-electron chi connectivity index (χ4n) is 0.137. The molecule has 0 saturated carbocycles. The van der Waals surface area contributed by atoms with Gasteiger partial charge in [0.2, 0.25) is 0 Å². The van der Waals surface area contributed by atoms with E-state index in [4.69, 9.17) is 0 Å². The molecule has 52 valence electrons. The van der Waals surface area contributed by atoms with Gasteiger partial charge in [-0.05, 0) is 0 Å². The first-order valence-electron chi connectivity index (χ1n) is 1.80. The van der Waals surface area contributed by atoms with Crippen LogP contribution in [0.2, 0.25) is 0 Å². The van der Waals surface area contributed by atoms with Crippen LogP contribution in [0.1, 0.15) is 0 Å². The third-order valence-electron chi connectivity index (χ3n) is 0.314. The van der Waals surface area contributed by atoms with Crippen LogP contribution in [0.3, 0.4) is 0 Å². The minimum Gasteiger partial charge on any atom is -0.461 e. The van der Waals surface area contributed by atoms with Gasteiger partial charge in [0.1, 0.15) is 0 Å². The zero-order chi connectivity index (χ0) is 7.28. The minimum atomic E-state index is -2.16. The Kier molecular flexibility index (Phi) is 3.50. The molecule has 0 N–H and O–H groups in total. The van der Waals surface area contributed by atoms with Crippen molar-refractivity contribution >= 4 is 0 Å². The summed E-state index contributed by atoms with van der Waals surface area (Å²) in [6, 6.07) is 0. The molecule has 0 atom stereocenters. The van der Waals surface area contributed by atoms with Crippen molar-refractivity contribution in [3.8, 4) is 0 Å². The molecule has 0 amide bonds. The van der Waals surface area contributed by atoms with Crippen LogP contribution in [-0.4, -0.2) is 0 Å². The number of ether oxygens (including phenoxy) is 1. The monoisotopic (exact) mass is 142 g/mol. The summed E-state index contributed by atoms with van der Waals surface area (Å²) in [6.07, 6.45) is -4.49. The highest BCUT2D eigenvalue weighted by Crippen LogP contribution is 2.00. The van der Waals surface area contributed by atoms with Crippen LogP contribution in [0.4, 0.5) is 17.6 Å². The fraction of sp³-hybridized carbons (Fsp3) is 0. The SMILES string of the molecule is FC(F)=COC=C(F)F. The van der Waals surface area contributed by atoms with Crippen molar-refractivity contribution in [3.63, 3.8) is 0 Å². The second kappa shape index (κ2) is 3.94. The van der Waals surface area contributed by atoms with E-state index in [0.29, 0.717) is 0 Å². The number of halogens is 4. The molecule has 0 aromatic carbocycles. The van der Waals surface area contributed by atoms with Crippen LogP contribution in [0.25, 0.3) is 0 Å². The van der Waals surface area contributed by atoms with Gasteiger partial charge in [-0.25, -0.2) is 0 Å². The summed E-state index contributed by atoms with van der Waals surface area (Å²) < 4.78 is 47.3. The highest BCUT2D eigenvalue weighted by Gasteiger charge is 1.87. The Balaban J connectivity index is 3.53. The first-order chi connectivity index (χ1) is 4.13. The summed E-state index contributed by atoms with van der Waals surface area (Å²) in [5, 5.41) is 0. The Hall–Kier alpha value is -1.00. The Morgan fingerprint density at radius 2 is 1.22 bits per heavy atom. The van der Waals surface area contributed by atoms with Crippen LogP contribution in [0.5, 0.6) is 0 Å². The highest BCUT2D eigenvalue weighted by molar-refractivity contribution is 4.77. The van der Waals surface area contributed by atoms with Crippen molar-refractivity contribution < 1.29 is 22.3 Å². The predicted molar refractivity (Wildman–Crippen MR) is 21.7 cm³/mol. The molecule has 0 aromatic heterocycles. The second-order valence-electron chi connectivity index (χ2n) is 0.951. The van der Waals surface area contributed by atoms with Gasteiger partial charge in [0.25, 0.3) is 0 Å². The van der Waals surface area contributed by atoms with Crippen LogP contribution < -0.4 is 0 Å². The van der Waals surface area contributed by atoms with E-state index < -0.39 is 12.2 Å². The predicted octanol–water partition coefficient (Wildman–Crippen LogP) is 2.48. The summed E-state index contributed by atoms with van der Waals surface area (Å²) in [5.41, 5.74) is 0. The average molecular weight is 142 g/mol. The topological polar surface area (TPSA) is 9.23 Å². The van der Waals surface area contributed by atoms with E-state index in [1.54, 1.807) is 0 Å². The maximum absolute atomic E-state index is 10.9. The van der Waals surface area contributed by atoms with Crippen molar-refractivity contribution in [1.82, 2.24) is 0 Å². The van der Waals surface area contributed by atoms with Gasteiger partial charge in [0.15, 0.2) is 12.5 Å². The Morgan fingerprint density at radius 1 is 0.889 bits per heavy atom. The van der Waals surface area contributed by atoms with E-state index in [1.165, 1.54) is 0 Å². The van der Waals surface area contributed by atoms with Crippen LogP contribution in [-0.2, 0) is 4.74 Å². The molecule has 0 spiro atoms. The Bertz CT molecular complexity index is 116. The molecule has 1 nitrogen and oxygen atoms in total. The molecule has 0 rings (SSSR count). The molecule has 0 aliphatic heterocycles. The molecule has 0 heterocycles. The maximum atomic E-state index is 10.9. The lowest BCUT2D eigenvalue weighted by Gasteiger charge is -1.83. The van der Waals surface area contributed by atoms with E-state index in [0.717, 1.165) is 0 Å². The smallest absolute Gasteiger partial charge is 0.305 e. The first kappa shape index (κ1) is 8.00. The molecule has 0 fully saturated rings. The summed E-state index contributed by atoms with van der Waals surface area (Å²) in [6.45, 7) is 0. The van der Waals surface area contributed by atoms with Gasteiger partial charge in [0.05, 0.1) is 0 Å². The van der Waals surface area contributed by atoms with Gasteiger partial charge in [-0.1, -0.05) is 0 Å². The van der Waals surface area contributed by atoms with Crippen LogP contribution >= 0.6 is 0 Å². The fourth-order valence-corrected chi connectivity index (χ4v) is 0.137. The van der Waals surface area contributed by atoms with Crippen LogP contribution in [0.15, 0.2) is 24.7 Å². The summed E-state index contributed by atoms with van der Waals surface area (Å²) >= 11 is 0. The lowest BCUT2D eigenvalue weighted by atomic mass is 11.0. The first-order valence-corrected chi connectivity index (χ1v) is 1.80. The molecule has 0 aliphatic carbocycles. The Labute approximate surface area is 48.2 Å². The number of rotatable bonds is 2. The zero-order valence-electron chi connectivity index (χ0n) is 4.07. The quantitative estimate of drug-likeness (QED) is 0.425. The van der Waals surface area contributed by atoms with Crippen molar-refractivity contribution in [2.75, 3.05) is 0 Å². The summed E-state index contributed by atoms with van der Waals surface area (Å²) in [7, 11) is 0. The number of hydrogen-bond donors (Lipinski definition) is 0. The normalized spacial score (nSPS) is 8.00. The highest BCUT2D eigenvalue weighted by atomic mass is 19.3. The van der Waals surface area contributed by atoms with E-state index in [1.807, 2.05) is 0 Å². The third kappa shape index (κ3) is 7.00. The van der Waals surface area contributed by atoms with E-state index in [9.17, 15) is 17.6 Å². The largest absolute Gasteiger partial charge is 0.461 e. The zero-order valence-corrected chi connectivity index (χ0v) is 4.07. The standard InChI is InChI=1S/C4H2F4O/c5-3(6)1-9-2-4(7)8/h1-2H. The van der Waals surface area contributed by atoms with E-state index in [2.05, 4.69) is 4.74 Å². The van der Waals surface area contributed by atoms with Gasteiger partial charge in [-0.15, -0.1) is 0 Å². The van der Waals surface area contributed by atoms with Crippen molar-refractivity contribution in [3.05, 3.63) is 24.7 Å². The second-order valence-corrected chi connectivity index (χ2v) is 0.951. The molecule has 0 aromatic rings. The van der Waals surface area contributed by atoms with Gasteiger partial charge >= 0.3 is 12.2 Å². The summed E-state index contributed by atoms with van der Waals surface area (Å²) in [5.74, 6) is 0. The maximum Gasteiger partial charge on any atom is 0.305 e. The molecule has 9 heavy (non-hydrogen) atoms. The molecule has 0 unspecified atom stereocenters. The molecule has 0 aliphatic rings. The minimum absolute atomic E-state index is 0.0842. The van der Waals surface area contributed by atoms with Gasteiger partial charge < -0.3 is 4.74 Å². The molecular formula is C4H2F4O. The average Bonchev–Trinajstić information content (AvgIpc) is 1.63. The molecule has 0 saturated heterocycles. The van der Waals surface area contributed by atoms with Gasteiger partial charge in [-0.3, -0.25) is 0 Å². The molecule has 0 radical (unpaired) electrons. The van der Waals surface area contributed by atoms with Crippen molar-refractivity contribution in [2.24, 2.45) is 0 Å². The Morgan fingerprint density at radius 3 is 1.44 bits per heavy atom. The molecule has 0 bridgehead atoms. The van der Waals surface area contributed by atoms with Crippen molar-refractivity contribution in [1.29, 1.82) is 0 Å². The molecular weight excluding hydrogens is 140 g/mol. The number of hydrogen-bond acceptors (Lipinski definition) is 1. The molecule has 5 heteroatoms. The van der Waals surface area contributed by atoms with E-state index >= 15 is 0 Å². The van der Waals surface area contributed by atoms with Gasteiger partial charge in [0, 0.05) is 0 Å². The van der Waals surface area contributed by atoms with Crippen molar-refractivity contribution in [2.45, 2.75) is 0 Å². The third-order valence-corrected chi connectivity index (χ3v) is 0.314.